The smallest absolute Gasteiger partial charge is 0.251 e. The van der Waals surface area contributed by atoms with Crippen molar-refractivity contribution in [2.45, 2.75) is 46.1 Å². The van der Waals surface area contributed by atoms with Crippen LogP contribution >= 0.6 is 12.4 Å². The lowest BCUT2D eigenvalue weighted by Crippen LogP contribution is -2.39. The zero-order valence-corrected chi connectivity index (χ0v) is 16.7. The Kier molecular flexibility index (Phi) is 9.59. The van der Waals surface area contributed by atoms with Crippen molar-refractivity contribution in [2.24, 2.45) is 11.7 Å². The van der Waals surface area contributed by atoms with E-state index in [2.05, 4.69) is 5.32 Å². The van der Waals surface area contributed by atoms with Gasteiger partial charge in [0, 0.05) is 11.6 Å². The zero-order valence-electron chi connectivity index (χ0n) is 15.9. The van der Waals surface area contributed by atoms with Crippen molar-refractivity contribution < 1.29 is 19.0 Å². The fourth-order valence-corrected chi connectivity index (χ4v) is 3.28. The van der Waals surface area contributed by atoms with Crippen LogP contribution in [0, 0.1) is 5.92 Å². The molecule has 1 aromatic rings. The van der Waals surface area contributed by atoms with Gasteiger partial charge in [-0.3, -0.25) is 4.79 Å². The summed E-state index contributed by atoms with van der Waals surface area (Å²) in [5.41, 5.74) is 6.32. The monoisotopic (exact) mass is 386 g/mol. The molecule has 0 spiro atoms. The summed E-state index contributed by atoms with van der Waals surface area (Å²) in [4.78, 5) is 12.7. The summed E-state index contributed by atoms with van der Waals surface area (Å²) in [5, 5.41) is 3.12. The Hall–Kier alpha value is -1.66. The number of carbonyl (C=O) groups excluding carboxylic acids is 1. The highest BCUT2D eigenvalue weighted by Crippen LogP contribution is 2.39. The van der Waals surface area contributed by atoms with Gasteiger partial charge >= 0.3 is 0 Å². The molecule has 0 bridgehead atoms. The Morgan fingerprint density at radius 2 is 1.65 bits per heavy atom. The van der Waals surface area contributed by atoms with Crippen molar-refractivity contribution in [1.29, 1.82) is 0 Å². The lowest BCUT2D eigenvalue weighted by Gasteiger charge is -2.21. The van der Waals surface area contributed by atoms with Crippen molar-refractivity contribution >= 4 is 18.3 Å². The van der Waals surface area contributed by atoms with Gasteiger partial charge in [-0.1, -0.05) is 6.42 Å². The molecule has 1 fully saturated rings. The number of nitrogens with two attached hydrogens (primary N) is 1. The van der Waals surface area contributed by atoms with Gasteiger partial charge in [-0.15, -0.1) is 12.4 Å². The molecular formula is C19H31ClN2O4. The predicted octanol–water partition coefficient (Wildman–Crippen LogP) is 3.16. The molecule has 2 unspecified atom stereocenters. The van der Waals surface area contributed by atoms with Crippen LogP contribution in [0.2, 0.25) is 0 Å². The third kappa shape index (κ3) is 5.42. The Morgan fingerprint density at radius 1 is 1.08 bits per heavy atom. The molecule has 0 saturated heterocycles. The summed E-state index contributed by atoms with van der Waals surface area (Å²) < 4.78 is 17.0. The maximum atomic E-state index is 12.7. The first kappa shape index (κ1) is 22.4. The Labute approximate surface area is 162 Å². The second-order valence-electron chi connectivity index (χ2n) is 6.11. The van der Waals surface area contributed by atoms with Crippen LogP contribution in [-0.4, -0.2) is 38.3 Å². The maximum Gasteiger partial charge on any atom is 0.251 e. The second kappa shape index (κ2) is 11.1. The van der Waals surface area contributed by atoms with E-state index in [1.807, 2.05) is 20.8 Å². The molecule has 6 nitrogen and oxygen atoms in total. The van der Waals surface area contributed by atoms with Gasteiger partial charge in [-0.2, -0.15) is 0 Å². The molecule has 1 saturated carbocycles. The van der Waals surface area contributed by atoms with Crippen LogP contribution in [-0.2, 0) is 0 Å². The minimum atomic E-state index is -0.129. The number of nitrogens with one attached hydrogen (secondary N) is 1. The number of amides is 1. The molecule has 3 N–H and O–H groups in total. The average molecular weight is 387 g/mol. The molecule has 0 radical (unpaired) electrons. The standard InChI is InChI=1S/C19H30N2O4.ClH/c1-4-23-16-10-14(11-17(24-5-2)18(16)25-6-3)19(22)21-15-9-7-8-13(15)12-20;/h10-11,13,15H,4-9,12,20H2,1-3H3,(H,21,22);1H. The first-order valence-corrected chi connectivity index (χ1v) is 9.21. The molecule has 1 aliphatic carbocycles. The van der Waals surface area contributed by atoms with E-state index in [1.165, 1.54) is 0 Å². The first-order valence-electron chi connectivity index (χ1n) is 9.21. The topological polar surface area (TPSA) is 82.8 Å². The Bertz CT molecular complexity index is 556. The highest BCUT2D eigenvalue weighted by molar-refractivity contribution is 5.95. The normalized spacial score (nSPS) is 18.8. The highest BCUT2D eigenvalue weighted by atomic mass is 35.5. The molecule has 1 aliphatic rings. The summed E-state index contributed by atoms with van der Waals surface area (Å²) in [6, 6.07) is 3.58. The molecule has 2 rings (SSSR count). The summed E-state index contributed by atoms with van der Waals surface area (Å²) in [6.45, 7) is 7.75. The fourth-order valence-electron chi connectivity index (χ4n) is 3.28. The molecule has 1 aromatic carbocycles. The van der Waals surface area contributed by atoms with E-state index in [-0.39, 0.29) is 24.4 Å². The fraction of sp³-hybridized carbons (Fsp3) is 0.632. The molecule has 0 aromatic heterocycles. The van der Waals surface area contributed by atoms with E-state index in [0.717, 1.165) is 19.3 Å². The molecule has 2 atom stereocenters. The molecular weight excluding hydrogens is 356 g/mol. The van der Waals surface area contributed by atoms with Crippen molar-refractivity contribution in [3.63, 3.8) is 0 Å². The predicted molar refractivity (Wildman–Crippen MR) is 105 cm³/mol. The Balaban J connectivity index is 0.00000338. The van der Waals surface area contributed by atoms with E-state index in [1.54, 1.807) is 12.1 Å². The van der Waals surface area contributed by atoms with E-state index in [0.29, 0.717) is 55.1 Å². The second-order valence-corrected chi connectivity index (χ2v) is 6.11. The summed E-state index contributed by atoms with van der Waals surface area (Å²) >= 11 is 0. The first-order chi connectivity index (χ1) is 12.1. The van der Waals surface area contributed by atoms with Crippen molar-refractivity contribution in [3.05, 3.63) is 17.7 Å². The maximum absolute atomic E-state index is 12.7. The number of ether oxygens (including phenoxy) is 3. The summed E-state index contributed by atoms with van der Waals surface area (Å²) in [6.07, 6.45) is 3.14. The number of carbonyl (C=O) groups is 1. The van der Waals surface area contributed by atoms with Crippen molar-refractivity contribution in [3.8, 4) is 17.2 Å². The molecule has 26 heavy (non-hydrogen) atoms. The number of benzene rings is 1. The van der Waals surface area contributed by atoms with Gasteiger partial charge in [0.25, 0.3) is 5.91 Å². The van der Waals surface area contributed by atoms with E-state index < -0.39 is 0 Å². The number of rotatable bonds is 9. The lowest BCUT2D eigenvalue weighted by molar-refractivity contribution is 0.0927. The van der Waals surface area contributed by atoms with Gasteiger partial charge in [-0.05, 0) is 58.2 Å². The molecule has 0 aliphatic heterocycles. The molecule has 0 heterocycles. The zero-order chi connectivity index (χ0) is 18.2. The van der Waals surface area contributed by atoms with Gasteiger partial charge in [0.2, 0.25) is 5.75 Å². The number of halogens is 1. The van der Waals surface area contributed by atoms with E-state index >= 15 is 0 Å². The third-order valence-corrected chi connectivity index (χ3v) is 4.45. The van der Waals surface area contributed by atoms with E-state index in [4.69, 9.17) is 19.9 Å². The van der Waals surface area contributed by atoms with Gasteiger partial charge in [0.1, 0.15) is 0 Å². The SMILES string of the molecule is CCOc1cc(C(=O)NC2CCCC2CN)cc(OCC)c1OCC.Cl. The van der Waals surface area contributed by atoms with E-state index in [9.17, 15) is 4.79 Å². The van der Waals surface area contributed by atoms with Gasteiger partial charge in [0.15, 0.2) is 11.5 Å². The quantitative estimate of drug-likeness (QED) is 0.681. The van der Waals surface area contributed by atoms with Crippen LogP contribution in [0.15, 0.2) is 12.1 Å². The lowest BCUT2D eigenvalue weighted by atomic mass is 10.0. The van der Waals surface area contributed by atoms with Gasteiger partial charge < -0.3 is 25.3 Å². The minimum absolute atomic E-state index is 0. The van der Waals surface area contributed by atoms with Gasteiger partial charge in [0.05, 0.1) is 19.8 Å². The number of hydrogen-bond acceptors (Lipinski definition) is 5. The average Bonchev–Trinajstić information content (AvgIpc) is 3.05. The third-order valence-electron chi connectivity index (χ3n) is 4.45. The van der Waals surface area contributed by atoms with Crippen LogP contribution in [0.5, 0.6) is 17.2 Å². The van der Waals surface area contributed by atoms with Crippen LogP contribution in [0.1, 0.15) is 50.4 Å². The minimum Gasteiger partial charge on any atom is -0.490 e. The van der Waals surface area contributed by atoms with Crippen molar-refractivity contribution in [1.82, 2.24) is 5.32 Å². The van der Waals surface area contributed by atoms with Crippen molar-refractivity contribution in [2.75, 3.05) is 26.4 Å². The highest BCUT2D eigenvalue weighted by Gasteiger charge is 2.28. The van der Waals surface area contributed by atoms with Crippen LogP contribution in [0.3, 0.4) is 0 Å². The van der Waals surface area contributed by atoms with Crippen LogP contribution < -0.4 is 25.3 Å². The number of hydrogen-bond donors (Lipinski definition) is 2. The molecule has 148 valence electrons. The summed E-state index contributed by atoms with van der Waals surface area (Å²) in [7, 11) is 0. The van der Waals surface area contributed by atoms with Crippen LogP contribution in [0.4, 0.5) is 0 Å². The van der Waals surface area contributed by atoms with Crippen LogP contribution in [0.25, 0.3) is 0 Å². The summed E-state index contributed by atoms with van der Waals surface area (Å²) in [5.74, 6) is 1.83. The molecule has 7 heteroatoms. The molecule has 1 amide bonds. The Morgan fingerprint density at radius 3 is 2.15 bits per heavy atom. The van der Waals surface area contributed by atoms with Gasteiger partial charge in [-0.25, -0.2) is 0 Å². The largest absolute Gasteiger partial charge is 0.490 e.